The average molecular weight is 228 g/mol. The van der Waals surface area contributed by atoms with E-state index >= 15 is 0 Å². The molecule has 1 aromatic rings. The lowest BCUT2D eigenvalue weighted by Crippen LogP contribution is -2.29. The smallest absolute Gasteiger partial charge is 0.162 e. The fraction of sp³-hybridized carbons (Fsp3) is 0.700. The van der Waals surface area contributed by atoms with Crippen LogP contribution in [0.1, 0.15) is 19.0 Å². The van der Waals surface area contributed by atoms with Crippen molar-refractivity contribution in [2.45, 2.75) is 25.5 Å². The first-order chi connectivity index (χ1) is 7.21. The summed E-state index contributed by atoms with van der Waals surface area (Å²) in [5, 5.41) is 14.7. The van der Waals surface area contributed by atoms with Crippen LogP contribution < -0.4 is 4.74 Å². The van der Waals surface area contributed by atoms with Crippen molar-refractivity contribution in [3.63, 3.8) is 0 Å². The van der Waals surface area contributed by atoms with Crippen LogP contribution in [-0.2, 0) is 12.1 Å². The Morgan fingerprint density at radius 2 is 2.53 bits per heavy atom. The van der Waals surface area contributed by atoms with E-state index in [-0.39, 0.29) is 0 Å². The Kier molecular flexibility index (Phi) is 2.93. The lowest BCUT2D eigenvalue weighted by molar-refractivity contribution is 0.0533. The molecule has 0 amide bonds. The molecule has 1 atom stereocenters. The highest BCUT2D eigenvalue weighted by atomic mass is 32.2. The molecule has 2 heterocycles. The zero-order valence-corrected chi connectivity index (χ0v) is 9.88. The van der Waals surface area contributed by atoms with E-state index in [0.717, 1.165) is 30.2 Å². The van der Waals surface area contributed by atoms with Gasteiger partial charge < -0.3 is 9.84 Å². The Morgan fingerprint density at radius 3 is 3.07 bits per heavy atom. The molecular formula is C10H16N2O2S. The van der Waals surface area contributed by atoms with Crippen LogP contribution in [0, 0.1) is 0 Å². The van der Waals surface area contributed by atoms with Gasteiger partial charge in [-0.05, 0) is 19.1 Å². The summed E-state index contributed by atoms with van der Waals surface area (Å²) < 4.78 is 7.08. The third-order valence-corrected chi connectivity index (χ3v) is 3.94. The van der Waals surface area contributed by atoms with Gasteiger partial charge in [-0.25, -0.2) is 0 Å². The normalized spacial score (nSPS) is 25.8. The molecule has 0 bridgehead atoms. The Bertz CT molecular complexity index is 324. The molecule has 0 aromatic carbocycles. The molecule has 1 unspecified atom stereocenters. The van der Waals surface area contributed by atoms with Gasteiger partial charge in [0.05, 0.1) is 13.3 Å². The van der Waals surface area contributed by atoms with E-state index in [2.05, 4.69) is 5.10 Å². The van der Waals surface area contributed by atoms with Gasteiger partial charge in [-0.3, -0.25) is 4.68 Å². The summed E-state index contributed by atoms with van der Waals surface area (Å²) in [6.07, 6.45) is 2.46. The number of hydrogen-bond donors (Lipinski definition) is 1. The fourth-order valence-corrected chi connectivity index (χ4v) is 3.21. The van der Waals surface area contributed by atoms with Gasteiger partial charge in [-0.2, -0.15) is 16.9 Å². The van der Waals surface area contributed by atoms with Crippen LogP contribution in [0.5, 0.6) is 5.75 Å². The number of thioether (sulfide) groups is 1. The van der Waals surface area contributed by atoms with E-state index in [1.165, 1.54) is 0 Å². The van der Waals surface area contributed by atoms with E-state index in [0.29, 0.717) is 5.75 Å². The zero-order valence-electron chi connectivity index (χ0n) is 9.06. The standard InChI is InChI=1S/C10H16N2O2S/c1-3-12-9(8(14-2)6-11-12)10(13)4-5-15-7-10/h6,13H,3-5,7H2,1-2H3. The van der Waals surface area contributed by atoms with Crippen molar-refractivity contribution >= 4 is 11.8 Å². The molecule has 1 fully saturated rings. The van der Waals surface area contributed by atoms with E-state index in [1.807, 2.05) is 11.6 Å². The van der Waals surface area contributed by atoms with Crippen molar-refractivity contribution in [3.05, 3.63) is 11.9 Å². The Hall–Kier alpha value is -0.680. The van der Waals surface area contributed by atoms with Crippen LogP contribution in [-0.4, -0.2) is 33.5 Å². The summed E-state index contributed by atoms with van der Waals surface area (Å²) in [5.41, 5.74) is 0.0696. The Balaban J connectivity index is 2.43. The van der Waals surface area contributed by atoms with Gasteiger partial charge in [0, 0.05) is 12.3 Å². The lowest BCUT2D eigenvalue weighted by atomic mass is 9.98. The van der Waals surface area contributed by atoms with Crippen LogP contribution in [0.3, 0.4) is 0 Å². The topological polar surface area (TPSA) is 47.3 Å². The number of aromatic nitrogens is 2. The van der Waals surface area contributed by atoms with Crippen molar-refractivity contribution < 1.29 is 9.84 Å². The molecule has 0 aliphatic carbocycles. The number of aliphatic hydroxyl groups is 1. The number of rotatable bonds is 3. The molecule has 84 valence electrons. The number of ether oxygens (including phenoxy) is 1. The summed E-state index contributed by atoms with van der Waals surface area (Å²) in [6, 6.07) is 0. The van der Waals surface area contributed by atoms with Crippen LogP contribution in [0.2, 0.25) is 0 Å². The quantitative estimate of drug-likeness (QED) is 0.845. The molecule has 2 rings (SSSR count). The predicted molar refractivity (Wildman–Crippen MR) is 60.3 cm³/mol. The molecule has 4 nitrogen and oxygen atoms in total. The van der Waals surface area contributed by atoms with Crippen LogP contribution in [0.25, 0.3) is 0 Å². The van der Waals surface area contributed by atoms with Crippen molar-refractivity contribution in [1.29, 1.82) is 0 Å². The summed E-state index contributed by atoms with van der Waals surface area (Å²) in [7, 11) is 1.62. The molecule has 1 aliphatic rings. The maximum Gasteiger partial charge on any atom is 0.162 e. The molecule has 15 heavy (non-hydrogen) atoms. The largest absolute Gasteiger partial charge is 0.493 e. The minimum atomic E-state index is -0.761. The molecular weight excluding hydrogens is 212 g/mol. The first-order valence-electron chi connectivity index (χ1n) is 5.11. The highest BCUT2D eigenvalue weighted by Crippen LogP contribution is 2.40. The second kappa shape index (κ2) is 4.06. The van der Waals surface area contributed by atoms with Gasteiger partial charge in [0.1, 0.15) is 11.3 Å². The third-order valence-electron chi connectivity index (χ3n) is 2.77. The second-order valence-electron chi connectivity index (χ2n) is 3.71. The molecule has 1 N–H and O–H groups in total. The molecule has 5 heteroatoms. The zero-order chi connectivity index (χ0) is 10.9. The van der Waals surface area contributed by atoms with Gasteiger partial charge in [0.15, 0.2) is 5.75 Å². The van der Waals surface area contributed by atoms with Crippen molar-refractivity contribution in [3.8, 4) is 5.75 Å². The minimum absolute atomic E-state index is 0.696. The van der Waals surface area contributed by atoms with Gasteiger partial charge >= 0.3 is 0 Å². The molecule has 1 aromatic heterocycles. The first-order valence-corrected chi connectivity index (χ1v) is 6.27. The van der Waals surface area contributed by atoms with Gasteiger partial charge in [0.2, 0.25) is 0 Å². The van der Waals surface area contributed by atoms with E-state index in [9.17, 15) is 5.11 Å². The summed E-state index contributed by atoms with van der Waals surface area (Å²) in [6.45, 7) is 2.77. The Morgan fingerprint density at radius 1 is 1.73 bits per heavy atom. The molecule has 0 saturated carbocycles. The second-order valence-corrected chi connectivity index (χ2v) is 4.82. The number of hydrogen-bond acceptors (Lipinski definition) is 4. The van der Waals surface area contributed by atoms with E-state index in [4.69, 9.17) is 4.74 Å². The maximum absolute atomic E-state index is 10.5. The number of nitrogens with zero attached hydrogens (tertiary/aromatic N) is 2. The summed E-state index contributed by atoms with van der Waals surface area (Å²) in [4.78, 5) is 0. The van der Waals surface area contributed by atoms with E-state index < -0.39 is 5.60 Å². The van der Waals surface area contributed by atoms with Crippen molar-refractivity contribution in [2.75, 3.05) is 18.6 Å². The van der Waals surface area contributed by atoms with Crippen LogP contribution in [0.4, 0.5) is 0 Å². The number of aryl methyl sites for hydroxylation is 1. The maximum atomic E-state index is 10.5. The van der Waals surface area contributed by atoms with Gasteiger partial charge in [0.25, 0.3) is 0 Å². The Labute approximate surface area is 93.6 Å². The molecule has 0 radical (unpaired) electrons. The van der Waals surface area contributed by atoms with Gasteiger partial charge in [-0.15, -0.1) is 0 Å². The SMILES string of the molecule is CCn1ncc(OC)c1C1(O)CCSC1. The van der Waals surface area contributed by atoms with Crippen molar-refractivity contribution in [1.82, 2.24) is 9.78 Å². The average Bonchev–Trinajstić information content (AvgIpc) is 2.83. The number of methoxy groups -OCH3 is 1. The molecule has 1 aliphatic heterocycles. The minimum Gasteiger partial charge on any atom is -0.493 e. The van der Waals surface area contributed by atoms with Gasteiger partial charge in [-0.1, -0.05) is 0 Å². The molecule has 0 spiro atoms. The highest BCUT2D eigenvalue weighted by Gasteiger charge is 2.39. The highest BCUT2D eigenvalue weighted by molar-refractivity contribution is 7.99. The lowest BCUT2D eigenvalue weighted by Gasteiger charge is -2.23. The summed E-state index contributed by atoms with van der Waals surface area (Å²) >= 11 is 1.77. The van der Waals surface area contributed by atoms with Crippen LogP contribution in [0.15, 0.2) is 6.20 Å². The first kappa shape index (κ1) is 10.8. The van der Waals surface area contributed by atoms with Crippen LogP contribution >= 0.6 is 11.8 Å². The predicted octanol–water partition coefficient (Wildman–Crippen LogP) is 1.24. The van der Waals surface area contributed by atoms with Crippen molar-refractivity contribution in [2.24, 2.45) is 0 Å². The molecule has 1 saturated heterocycles. The summed E-state index contributed by atoms with van der Waals surface area (Å²) in [5.74, 6) is 2.42. The van der Waals surface area contributed by atoms with E-state index in [1.54, 1.807) is 25.1 Å². The monoisotopic (exact) mass is 228 g/mol. The fourth-order valence-electron chi connectivity index (χ4n) is 1.97. The third kappa shape index (κ3) is 1.74.